The molecule has 0 atom stereocenters. The van der Waals surface area contributed by atoms with Crippen molar-refractivity contribution in [1.82, 2.24) is 9.80 Å². The van der Waals surface area contributed by atoms with E-state index in [4.69, 9.17) is 0 Å². The average molecular weight is 479 g/mol. The number of benzene rings is 1. The molecule has 182 valence electrons. The van der Waals surface area contributed by atoms with Gasteiger partial charge in [0, 0.05) is 17.5 Å². The zero-order chi connectivity index (χ0) is 23.9. The van der Waals surface area contributed by atoms with E-state index in [0.29, 0.717) is 13.1 Å². The maximum absolute atomic E-state index is 14.1. The lowest BCUT2D eigenvalue weighted by Crippen LogP contribution is -2.57. The fourth-order valence-electron chi connectivity index (χ4n) is 7.19. The van der Waals surface area contributed by atoms with Crippen LogP contribution in [0.1, 0.15) is 68.4 Å². The van der Waals surface area contributed by atoms with Crippen molar-refractivity contribution < 1.29 is 9.59 Å². The molecule has 4 saturated carbocycles. The first-order chi connectivity index (χ1) is 16.3. The first-order valence-electron chi connectivity index (χ1n) is 13.0. The number of thiophene rings is 1. The molecule has 2 amide bonds. The molecule has 1 aromatic carbocycles. The molecule has 0 saturated heterocycles. The highest BCUT2D eigenvalue weighted by Crippen LogP contribution is 2.60. The summed E-state index contributed by atoms with van der Waals surface area (Å²) in [6, 6.07) is 12.3. The maximum Gasteiger partial charge on any atom is 0.242 e. The molecule has 1 heterocycles. The van der Waals surface area contributed by atoms with Gasteiger partial charge >= 0.3 is 0 Å². The first-order valence-corrected chi connectivity index (χ1v) is 13.9. The molecule has 34 heavy (non-hydrogen) atoms. The van der Waals surface area contributed by atoms with Crippen LogP contribution in [0.4, 0.5) is 0 Å². The highest BCUT2D eigenvalue weighted by atomic mass is 32.1. The Bertz CT molecular complexity index is 992. The van der Waals surface area contributed by atoms with Crippen LogP contribution >= 0.6 is 11.3 Å². The van der Waals surface area contributed by atoms with Gasteiger partial charge in [-0.15, -0.1) is 11.3 Å². The number of hydrogen-bond donors (Lipinski definition) is 0. The molecule has 1 aromatic heterocycles. The number of rotatable bonds is 8. The summed E-state index contributed by atoms with van der Waals surface area (Å²) in [4.78, 5) is 32.9. The highest BCUT2D eigenvalue weighted by molar-refractivity contribution is 7.10. The van der Waals surface area contributed by atoms with Crippen molar-refractivity contribution in [3.05, 3.63) is 57.8 Å². The number of carbonyl (C=O) groups excluding carboxylic acids is 2. The van der Waals surface area contributed by atoms with Crippen molar-refractivity contribution in [2.45, 2.75) is 78.4 Å². The third-order valence-electron chi connectivity index (χ3n) is 8.55. The Labute approximate surface area is 208 Å². The van der Waals surface area contributed by atoms with Gasteiger partial charge in [-0.05, 0) is 99.6 Å². The molecule has 4 bridgehead atoms. The molecular weight excluding hydrogens is 440 g/mol. The Morgan fingerprint density at radius 3 is 2.12 bits per heavy atom. The Hall–Kier alpha value is -2.14. The molecule has 0 radical (unpaired) electrons. The lowest BCUT2D eigenvalue weighted by Gasteiger charge is -2.57. The quantitative estimate of drug-likeness (QED) is 0.464. The minimum atomic E-state index is -0.214. The summed E-state index contributed by atoms with van der Waals surface area (Å²) in [5.74, 6) is 2.45. The Balaban J connectivity index is 1.35. The largest absolute Gasteiger partial charge is 0.332 e. The standard InChI is InChI=1S/C29H38N2O2S/c1-20(2)31(28(33)29-14-23-11-24(15-29)13-25(12-23)16-29)19-27(32)30(17-22-7-5-4-6-8-22)18-26-21(3)9-10-34-26/h4-10,20,23-25H,11-19H2,1-3H3. The fraction of sp³-hybridized carbons (Fsp3) is 0.586. The van der Waals surface area contributed by atoms with Crippen LogP contribution in [0.25, 0.3) is 0 Å². The number of amides is 2. The van der Waals surface area contributed by atoms with Crippen LogP contribution in [0.15, 0.2) is 41.8 Å². The van der Waals surface area contributed by atoms with Gasteiger partial charge in [-0.25, -0.2) is 0 Å². The second-order valence-electron chi connectivity index (χ2n) is 11.5. The molecule has 4 aliphatic rings. The monoisotopic (exact) mass is 478 g/mol. The van der Waals surface area contributed by atoms with Gasteiger partial charge in [0.2, 0.25) is 11.8 Å². The van der Waals surface area contributed by atoms with Crippen molar-refractivity contribution in [2.24, 2.45) is 23.2 Å². The normalized spacial score (nSPS) is 27.2. The number of aryl methyl sites for hydroxylation is 1. The van der Waals surface area contributed by atoms with Crippen LogP contribution in [0.2, 0.25) is 0 Å². The lowest BCUT2D eigenvalue weighted by atomic mass is 9.49. The lowest BCUT2D eigenvalue weighted by molar-refractivity contribution is -0.162. The van der Waals surface area contributed by atoms with E-state index in [-0.39, 0.29) is 29.8 Å². The number of carbonyl (C=O) groups is 2. The van der Waals surface area contributed by atoms with E-state index < -0.39 is 0 Å². The van der Waals surface area contributed by atoms with Gasteiger partial charge < -0.3 is 9.80 Å². The molecule has 2 aromatic rings. The minimum Gasteiger partial charge on any atom is -0.332 e. The number of nitrogens with zero attached hydrogens (tertiary/aromatic N) is 2. The summed E-state index contributed by atoms with van der Waals surface area (Å²) in [5.41, 5.74) is 2.13. The zero-order valence-corrected chi connectivity index (χ0v) is 21.7. The molecule has 0 aliphatic heterocycles. The molecule has 0 unspecified atom stereocenters. The predicted octanol–water partition coefficient (Wildman–Crippen LogP) is 6.04. The molecule has 4 nitrogen and oxygen atoms in total. The van der Waals surface area contributed by atoms with E-state index in [1.54, 1.807) is 11.3 Å². The van der Waals surface area contributed by atoms with Crippen LogP contribution in [0.5, 0.6) is 0 Å². The fourth-order valence-corrected chi connectivity index (χ4v) is 8.11. The maximum atomic E-state index is 14.1. The molecule has 6 rings (SSSR count). The summed E-state index contributed by atoms with van der Waals surface area (Å²) in [5, 5.41) is 2.09. The minimum absolute atomic E-state index is 0.0199. The van der Waals surface area contributed by atoms with Crippen molar-refractivity contribution in [3.63, 3.8) is 0 Å². The average Bonchev–Trinajstić information content (AvgIpc) is 3.20. The smallest absolute Gasteiger partial charge is 0.242 e. The van der Waals surface area contributed by atoms with E-state index in [2.05, 4.69) is 44.4 Å². The van der Waals surface area contributed by atoms with Gasteiger partial charge in [-0.3, -0.25) is 9.59 Å². The second-order valence-corrected chi connectivity index (χ2v) is 12.5. The molecule has 0 N–H and O–H groups in total. The first kappa shape index (κ1) is 23.6. The van der Waals surface area contributed by atoms with Crippen molar-refractivity contribution in [3.8, 4) is 0 Å². The van der Waals surface area contributed by atoms with Crippen LogP contribution < -0.4 is 0 Å². The van der Waals surface area contributed by atoms with Crippen LogP contribution in [-0.4, -0.2) is 34.2 Å². The van der Waals surface area contributed by atoms with Gasteiger partial charge in [0.1, 0.15) is 6.54 Å². The third-order valence-corrected chi connectivity index (χ3v) is 9.56. The van der Waals surface area contributed by atoms with E-state index >= 15 is 0 Å². The van der Waals surface area contributed by atoms with Gasteiger partial charge in [-0.2, -0.15) is 0 Å². The third kappa shape index (κ3) is 4.68. The summed E-state index contributed by atoms with van der Waals surface area (Å²) in [6.07, 6.45) is 7.07. The Kier molecular flexibility index (Phi) is 6.58. The van der Waals surface area contributed by atoms with Crippen LogP contribution in [-0.2, 0) is 22.7 Å². The van der Waals surface area contributed by atoms with E-state index in [9.17, 15) is 9.59 Å². The number of hydrogen-bond acceptors (Lipinski definition) is 3. The molecule has 5 heteroatoms. The summed E-state index contributed by atoms with van der Waals surface area (Å²) < 4.78 is 0. The summed E-state index contributed by atoms with van der Waals surface area (Å²) in [7, 11) is 0. The van der Waals surface area contributed by atoms with E-state index in [0.717, 1.165) is 42.6 Å². The SMILES string of the molecule is Cc1ccsc1CN(Cc1ccccc1)C(=O)CN(C(=O)C12CC3CC(CC(C3)C1)C2)C(C)C. The summed E-state index contributed by atoms with van der Waals surface area (Å²) in [6.45, 7) is 7.57. The second kappa shape index (κ2) is 9.49. The Morgan fingerprint density at radius 2 is 1.59 bits per heavy atom. The van der Waals surface area contributed by atoms with Gasteiger partial charge in [0.15, 0.2) is 0 Å². The van der Waals surface area contributed by atoms with Crippen molar-refractivity contribution >= 4 is 23.2 Å². The van der Waals surface area contributed by atoms with Crippen LogP contribution in [0.3, 0.4) is 0 Å². The van der Waals surface area contributed by atoms with E-state index in [1.165, 1.54) is 29.7 Å². The Morgan fingerprint density at radius 1 is 0.971 bits per heavy atom. The summed E-state index contributed by atoms with van der Waals surface area (Å²) >= 11 is 1.70. The van der Waals surface area contributed by atoms with Crippen molar-refractivity contribution in [2.75, 3.05) is 6.54 Å². The zero-order valence-electron chi connectivity index (χ0n) is 20.8. The van der Waals surface area contributed by atoms with Gasteiger partial charge in [-0.1, -0.05) is 30.3 Å². The van der Waals surface area contributed by atoms with Gasteiger partial charge in [0.05, 0.1) is 12.0 Å². The molecular formula is C29H38N2O2S. The highest BCUT2D eigenvalue weighted by Gasteiger charge is 2.56. The molecule has 0 spiro atoms. The van der Waals surface area contributed by atoms with Gasteiger partial charge in [0.25, 0.3) is 0 Å². The molecule has 4 aliphatic carbocycles. The van der Waals surface area contributed by atoms with Crippen LogP contribution in [0, 0.1) is 30.1 Å². The molecule has 4 fully saturated rings. The predicted molar refractivity (Wildman–Crippen MR) is 137 cm³/mol. The van der Waals surface area contributed by atoms with Crippen molar-refractivity contribution in [1.29, 1.82) is 0 Å². The van der Waals surface area contributed by atoms with E-state index in [1.807, 2.05) is 28.0 Å². The topological polar surface area (TPSA) is 40.6 Å².